The normalized spacial score (nSPS) is 23.4. The number of para-hydroxylation sites is 1. The zero-order valence-corrected chi connectivity index (χ0v) is 22.6. The maximum Gasteiger partial charge on any atom is 0.387 e. The van der Waals surface area contributed by atoms with Crippen LogP contribution in [0.1, 0.15) is 43.1 Å². The summed E-state index contributed by atoms with van der Waals surface area (Å²) < 4.78 is 50.8. The quantitative estimate of drug-likeness (QED) is 0.350. The third kappa shape index (κ3) is 5.24. The van der Waals surface area contributed by atoms with Crippen LogP contribution < -0.4 is 10.1 Å². The minimum absolute atomic E-state index is 0.0134. The van der Waals surface area contributed by atoms with Gasteiger partial charge in [0.25, 0.3) is 0 Å². The third-order valence-electron chi connectivity index (χ3n) is 8.44. The van der Waals surface area contributed by atoms with Crippen LogP contribution in [0.2, 0.25) is 0 Å². The smallest absolute Gasteiger partial charge is 0.387 e. The van der Waals surface area contributed by atoms with Crippen LogP contribution in [0, 0.1) is 5.41 Å². The molecule has 210 valence electrons. The molecule has 4 heterocycles. The van der Waals surface area contributed by atoms with Crippen LogP contribution in [0.15, 0.2) is 42.5 Å². The Morgan fingerprint density at radius 3 is 2.69 bits per heavy atom. The summed E-state index contributed by atoms with van der Waals surface area (Å²) in [5, 5.41) is 4.63. The lowest BCUT2D eigenvalue weighted by Crippen LogP contribution is -2.54. The molecule has 2 N–H and O–H groups in total. The lowest BCUT2D eigenvalue weighted by molar-refractivity contribution is -0.123. The molecular formula is C30H37F3N4O2. The fraction of sp³-hybridized carbons (Fsp3) is 0.533. The molecule has 0 spiro atoms. The summed E-state index contributed by atoms with van der Waals surface area (Å²) in [5.41, 5.74) is 4.82. The SMILES string of the molecule is CC1Cc2c([nH]c3ccccc23)C(c2ccc(NC3CN(CCCF)C3)cc2OC(F)F)N1CC1(C)COC1. The molecule has 3 aromatic rings. The largest absolute Gasteiger partial charge is 0.434 e. The van der Waals surface area contributed by atoms with Crippen LogP contribution in [0.4, 0.5) is 18.9 Å². The predicted molar refractivity (Wildman–Crippen MR) is 146 cm³/mol. The number of ether oxygens (including phenoxy) is 2. The van der Waals surface area contributed by atoms with E-state index in [9.17, 15) is 13.2 Å². The number of hydrogen-bond acceptors (Lipinski definition) is 5. The molecule has 0 amide bonds. The number of hydrogen-bond donors (Lipinski definition) is 2. The lowest BCUT2D eigenvalue weighted by atomic mass is 9.82. The molecule has 0 aliphatic carbocycles. The second kappa shape index (κ2) is 10.7. The number of nitrogens with one attached hydrogen (secondary N) is 2. The Morgan fingerprint density at radius 1 is 1.18 bits per heavy atom. The topological polar surface area (TPSA) is 52.8 Å². The molecule has 0 saturated carbocycles. The van der Waals surface area contributed by atoms with Gasteiger partial charge in [-0.05, 0) is 37.5 Å². The van der Waals surface area contributed by atoms with Gasteiger partial charge >= 0.3 is 6.61 Å². The van der Waals surface area contributed by atoms with E-state index >= 15 is 0 Å². The zero-order valence-electron chi connectivity index (χ0n) is 22.6. The van der Waals surface area contributed by atoms with E-state index in [0.29, 0.717) is 19.6 Å². The molecule has 2 fully saturated rings. The lowest BCUT2D eigenvalue weighted by Gasteiger charge is -2.48. The number of alkyl halides is 3. The van der Waals surface area contributed by atoms with Crippen molar-refractivity contribution in [1.29, 1.82) is 0 Å². The van der Waals surface area contributed by atoms with Gasteiger partial charge in [0.1, 0.15) is 5.75 Å². The number of rotatable bonds is 10. The van der Waals surface area contributed by atoms with Gasteiger partial charge in [0.2, 0.25) is 0 Å². The standard InChI is InChI=1S/C30H37F3N4O2/c1-19-12-24-22-6-3-4-7-25(22)35-27(24)28(37(19)16-30(2)17-38-18-30)23-9-8-20(13-26(23)39-29(32)33)34-21-14-36(15-21)11-5-10-31/h3-4,6-9,13,19,21,28-29,34-35H,5,10-12,14-18H2,1-2H3. The first-order chi connectivity index (χ1) is 18.8. The first kappa shape index (κ1) is 26.5. The van der Waals surface area contributed by atoms with Crippen LogP contribution >= 0.6 is 0 Å². The maximum atomic E-state index is 13.8. The first-order valence-electron chi connectivity index (χ1n) is 13.9. The Balaban J connectivity index is 1.36. The highest BCUT2D eigenvalue weighted by Crippen LogP contribution is 2.46. The van der Waals surface area contributed by atoms with Crippen molar-refractivity contribution < 1.29 is 22.6 Å². The molecule has 6 rings (SSSR count). The number of aromatic amines is 1. The molecule has 39 heavy (non-hydrogen) atoms. The van der Waals surface area contributed by atoms with Crippen molar-refractivity contribution in [3.05, 3.63) is 59.3 Å². The number of benzene rings is 2. The summed E-state index contributed by atoms with van der Waals surface area (Å²) in [6, 6.07) is 14.0. The summed E-state index contributed by atoms with van der Waals surface area (Å²) in [4.78, 5) is 8.25. The van der Waals surface area contributed by atoms with Crippen molar-refractivity contribution in [3.8, 4) is 5.75 Å². The molecule has 3 aliphatic rings. The first-order valence-corrected chi connectivity index (χ1v) is 13.9. The van der Waals surface area contributed by atoms with Crippen molar-refractivity contribution in [2.75, 3.05) is 51.4 Å². The van der Waals surface area contributed by atoms with E-state index in [4.69, 9.17) is 9.47 Å². The van der Waals surface area contributed by atoms with Gasteiger partial charge in [-0.25, -0.2) is 0 Å². The highest BCUT2D eigenvalue weighted by atomic mass is 19.3. The van der Waals surface area contributed by atoms with Crippen LogP contribution in [-0.2, 0) is 11.2 Å². The van der Waals surface area contributed by atoms with E-state index in [2.05, 4.69) is 46.1 Å². The minimum atomic E-state index is -2.94. The second-order valence-electron chi connectivity index (χ2n) is 11.8. The van der Waals surface area contributed by atoms with Crippen molar-refractivity contribution in [2.24, 2.45) is 5.41 Å². The number of H-pyrrole nitrogens is 1. The average Bonchev–Trinajstić information content (AvgIpc) is 3.23. The van der Waals surface area contributed by atoms with Gasteiger partial charge in [-0.3, -0.25) is 14.2 Å². The average molecular weight is 543 g/mol. The fourth-order valence-electron chi connectivity index (χ4n) is 6.48. The van der Waals surface area contributed by atoms with E-state index in [1.54, 1.807) is 6.07 Å². The number of fused-ring (bicyclic) bond motifs is 3. The van der Waals surface area contributed by atoms with Crippen molar-refractivity contribution in [2.45, 2.75) is 51.4 Å². The Hall–Kier alpha value is -2.75. The number of nitrogens with zero attached hydrogens (tertiary/aromatic N) is 2. The Morgan fingerprint density at radius 2 is 1.97 bits per heavy atom. The second-order valence-corrected chi connectivity index (χ2v) is 11.8. The molecule has 3 aliphatic heterocycles. The summed E-state index contributed by atoms with van der Waals surface area (Å²) in [7, 11) is 0. The van der Waals surface area contributed by atoms with E-state index in [1.165, 1.54) is 10.9 Å². The van der Waals surface area contributed by atoms with E-state index in [0.717, 1.165) is 55.1 Å². The maximum absolute atomic E-state index is 13.8. The van der Waals surface area contributed by atoms with Gasteiger partial charge in [0.15, 0.2) is 0 Å². The minimum Gasteiger partial charge on any atom is -0.434 e. The fourth-order valence-corrected chi connectivity index (χ4v) is 6.48. The van der Waals surface area contributed by atoms with Gasteiger partial charge in [-0.2, -0.15) is 8.78 Å². The van der Waals surface area contributed by atoms with Crippen molar-refractivity contribution >= 4 is 16.6 Å². The highest BCUT2D eigenvalue weighted by Gasteiger charge is 2.43. The van der Waals surface area contributed by atoms with Crippen LogP contribution in [0.25, 0.3) is 10.9 Å². The molecule has 0 bridgehead atoms. The van der Waals surface area contributed by atoms with E-state index in [-0.39, 0.29) is 36.0 Å². The molecule has 2 saturated heterocycles. The van der Waals surface area contributed by atoms with E-state index < -0.39 is 6.61 Å². The number of likely N-dealkylation sites (tertiary alicyclic amines) is 1. The Kier molecular flexibility index (Phi) is 7.24. The summed E-state index contributed by atoms with van der Waals surface area (Å²) in [6.07, 6.45) is 1.41. The Bertz CT molecular complexity index is 1300. The van der Waals surface area contributed by atoms with Gasteiger partial charge in [-0.1, -0.05) is 31.2 Å². The summed E-state index contributed by atoms with van der Waals surface area (Å²) in [5.74, 6) is 0.187. The molecule has 2 aromatic carbocycles. The van der Waals surface area contributed by atoms with Gasteiger partial charge < -0.3 is 19.8 Å². The molecule has 2 unspecified atom stereocenters. The summed E-state index contributed by atoms with van der Waals surface area (Å²) in [6.45, 7) is 5.71. The number of anilines is 1. The predicted octanol–water partition coefficient (Wildman–Crippen LogP) is 5.60. The number of halogens is 3. The van der Waals surface area contributed by atoms with E-state index in [1.807, 2.05) is 24.3 Å². The van der Waals surface area contributed by atoms with Gasteiger partial charge in [0.05, 0.1) is 32.0 Å². The molecule has 9 heteroatoms. The van der Waals surface area contributed by atoms with Crippen LogP contribution in [0.5, 0.6) is 5.75 Å². The Labute approximate surface area is 227 Å². The van der Waals surface area contributed by atoms with Crippen LogP contribution in [-0.4, -0.2) is 79.5 Å². The van der Waals surface area contributed by atoms with Gasteiger partial charge in [0, 0.05) is 71.5 Å². The van der Waals surface area contributed by atoms with Crippen molar-refractivity contribution in [3.63, 3.8) is 0 Å². The molecule has 6 nitrogen and oxygen atoms in total. The third-order valence-corrected chi connectivity index (χ3v) is 8.44. The summed E-state index contributed by atoms with van der Waals surface area (Å²) >= 11 is 0. The monoisotopic (exact) mass is 542 g/mol. The zero-order chi connectivity index (χ0) is 27.1. The van der Waals surface area contributed by atoms with Gasteiger partial charge in [-0.15, -0.1) is 0 Å². The highest BCUT2D eigenvalue weighted by molar-refractivity contribution is 5.85. The molecule has 0 radical (unpaired) electrons. The van der Waals surface area contributed by atoms with Crippen LogP contribution in [0.3, 0.4) is 0 Å². The molecule has 1 aromatic heterocycles. The number of aromatic nitrogens is 1. The molecular weight excluding hydrogens is 505 g/mol. The van der Waals surface area contributed by atoms with Crippen molar-refractivity contribution in [1.82, 2.24) is 14.8 Å². The molecule has 2 atom stereocenters.